The number of amides is 1. The molecule has 1 amide bonds. The van der Waals surface area contributed by atoms with E-state index in [9.17, 15) is 14.9 Å². The summed E-state index contributed by atoms with van der Waals surface area (Å²) in [6.07, 6.45) is 3.14. The number of rotatable bonds is 7. The fourth-order valence-electron chi connectivity index (χ4n) is 2.61. The van der Waals surface area contributed by atoms with Crippen molar-refractivity contribution < 1.29 is 19.2 Å². The van der Waals surface area contributed by atoms with Crippen molar-refractivity contribution in [1.29, 1.82) is 0 Å². The molecule has 0 atom stereocenters. The molecule has 3 aromatic rings. The van der Waals surface area contributed by atoms with E-state index >= 15 is 0 Å². The van der Waals surface area contributed by atoms with Crippen molar-refractivity contribution in [2.45, 2.75) is 6.54 Å². The summed E-state index contributed by atoms with van der Waals surface area (Å²) in [6, 6.07) is 11.3. The number of hydrogen-bond acceptors (Lipinski definition) is 6. The largest absolute Gasteiger partial charge is 0.493 e. The van der Waals surface area contributed by atoms with Crippen LogP contribution in [0.4, 0.5) is 11.4 Å². The number of non-ortho nitro benzene ring substituents is 1. The van der Waals surface area contributed by atoms with Gasteiger partial charge in [-0.1, -0.05) is 12.1 Å². The van der Waals surface area contributed by atoms with Crippen molar-refractivity contribution >= 4 is 17.3 Å². The quantitative estimate of drug-likeness (QED) is 0.497. The number of carbonyl (C=O) groups is 1. The average molecular weight is 382 g/mol. The molecule has 0 aliphatic carbocycles. The maximum absolute atomic E-state index is 12.4. The standard InChI is InChI=1S/C19H18N4O5/c1-27-17-8-5-14(9-18(17)28-2)21-19(24)16-11-22(12-20-16)10-13-3-6-15(7-4-13)23(25)26/h3-9,11-12H,10H2,1-2H3,(H,21,24). The van der Waals surface area contributed by atoms with Gasteiger partial charge in [-0.2, -0.15) is 0 Å². The molecule has 1 N–H and O–H groups in total. The number of methoxy groups -OCH3 is 2. The van der Waals surface area contributed by atoms with Gasteiger partial charge in [-0.3, -0.25) is 14.9 Å². The van der Waals surface area contributed by atoms with Crippen LogP contribution in [0.2, 0.25) is 0 Å². The predicted molar refractivity (Wildman–Crippen MR) is 102 cm³/mol. The van der Waals surface area contributed by atoms with Gasteiger partial charge in [0.05, 0.1) is 25.5 Å². The zero-order valence-electron chi connectivity index (χ0n) is 15.3. The van der Waals surface area contributed by atoms with Gasteiger partial charge in [-0.25, -0.2) is 4.98 Å². The maximum atomic E-state index is 12.4. The first-order valence-corrected chi connectivity index (χ1v) is 8.28. The van der Waals surface area contributed by atoms with Crippen LogP contribution in [0.5, 0.6) is 11.5 Å². The Bertz CT molecular complexity index is 998. The van der Waals surface area contributed by atoms with Crippen molar-refractivity contribution in [1.82, 2.24) is 9.55 Å². The van der Waals surface area contributed by atoms with Gasteiger partial charge in [0.15, 0.2) is 11.5 Å². The Morgan fingerprint density at radius 1 is 1.14 bits per heavy atom. The van der Waals surface area contributed by atoms with Crippen LogP contribution >= 0.6 is 0 Å². The first-order chi connectivity index (χ1) is 13.5. The summed E-state index contributed by atoms with van der Waals surface area (Å²) in [5, 5.41) is 13.5. The summed E-state index contributed by atoms with van der Waals surface area (Å²) < 4.78 is 12.1. The third-order valence-corrected chi connectivity index (χ3v) is 4.02. The number of ether oxygens (including phenoxy) is 2. The van der Waals surface area contributed by atoms with E-state index in [1.54, 1.807) is 41.1 Å². The molecular formula is C19H18N4O5. The van der Waals surface area contributed by atoms with Crippen molar-refractivity contribution in [2.75, 3.05) is 19.5 Å². The summed E-state index contributed by atoms with van der Waals surface area (Å²) in [5.74, 6) is 0.701. The summed E-state index contributed by atoms with van der Waals surface area (Å²) in [5.41, 5.74) is 1.68. The molecule has 3 rings (SSSR count). The first-order valence-electron chi connectivity index (χ1n) is 8.28. The van der Waals surface area contributed by atoms with Crippen molar-refractivity contribution in [3.05, 3.63) is 76.4 Å². The molecule has 0 aliphatic heterocycles. The lowest BCUT2D eigenvalue weighted by atomic mass is 10.2. The molecule has 1 heterocycles. The van der Waals surface area contributed by atoms with Crippen molar-refractivity contribution in [3.63, 3.8) is 0 Å². The normalized spacial score (nSPS) is 10.4. The number of nitrogens with one attached hydrogen (secondary N) is 1. The molecule has 0 spiro atoms. The molecule has 9 heteroatoms. The Kier molecular flexibility index (Phi) is 5.54. The van der Waals surface area contributed by atoms with Crippen LogP contribution in [0.25, 0.3) is 0 Å². The highest BCUT2D eigenvalue weighted by atomic mass is 16.6. The van der Waals surface area contributed by atoms with Gasteiger partial charge >= 0.3 is 0 Å². The minimum absolute atomic E-state index is 0.0318. The number of benzene rings is 2. The zero-order chi connectivity index (χ0) is 20.1. The Balaban J connectivity index is 1.67. The Hall–Kier alpha value is -3.88. The van der Waals surface area contributed by atoms with Gasteiger partial charge in [-0.05, 0) is 17.7 Å². The number of nitro groups is 1. The fraction of sp³-hybridized carbons (Fsp3) is 0.158. The second kappa shape index (κ2) is 8.21. The molecule has 0 unspecified atom stereocenters. The summed E-state index contributed by atoms with van der Waals surface area (Å²) in [4.78, 5) is 26.8. The Morgan fingerprint density at radius 3 is 2.50 bits per heavy atom. The number of nitrogens with zero attached hydrogens (tertiary/aromatic N) is 3. The molecule has 2 aromatic carbocycles. The van der Waals surface area contributed by atoms with Gasteiger partial charge < -0.3 is 19.4 Å². The molecule has 0 saturated heterocycles. The van der Waals surface area contributed by atoms with Gasteiger partial charge in [0, 0.05) is 36.6 Å². The number of carbonyl (C=O) groups excluding carboxylic acids is 1. The van der Waals surface area contributed by atoms with E-state index in [1.165, 1.54) is 32.7 Å². The van der Waals surface area contributed by atoms with Crippen LogP contribution in [-0.2, 0) is 6.54 Å². The van der Waals surface area contributed by atoms with E-state index in [0.717, 1.165) is 5.56 Å². The highest BCUT2D eigenvalue weighted by molar-refractivity contribution is 6.02. The average Bonchev–Trinajstić information content (AvgIpc) is 3.17. The molecule has 144 valence electrons. The molecule has 0 bridgehead atoms. The van der Waals surface area contributed by atoms with Crippen LogP contribution in [-0.4, -0.2) is 34.6 Å². The molecular weight excluding hydrogens is 364 g/mol. The molecule has 1 aromatic heterocycles. The number of hydrogen-bond donors (Lipinski definition) is 1. The lowest BCUT2D eigenvalue weighted by Crippen LogP contribution is -2.12. The number of aromatic nitrogens is 2. The van der Waals surface area contributed by atoms with E-state index in [-0.39, 0.29) is 17.3 Å². The van der Waals surface area contributed by atoms with Crippen LogP contribution in [0, 0.1) is 10.1 Å². The fourth-order valence-corrected chi connectivity index (χ4v) is 2.61. The van der Waals surface area contributed by atoms with Crippen LogP contribution in [0.3, 0.4) is 0 Å². The second-order valence-corrected chi connectivity index (χ2v) is 5.88. The molecule has 0 aliphatic rings. The van der Waals surface area contributed by atoms with E-state index in [1.807, 2.05) is 0 Å². The molecule has 9 nitrogen and oxygen atoms in total. The number of anilines is 1. The van der Waals surface area contributed by atoms with Gasteiger partial charge in [0.2, 0.25) is 0 Å². The summed E-state index contributed by atoms with van der Waals surface area (Å²) >= 11 is 0. The lowest BCUT2D eigenvalue weighted by molar-refractivity contribution is -0.384. The monoisotopic (exact) mass is 382 g/mol. The van der Waals surface area contributed by atoms with Gasteiger partial charge in [-0.15, -0.1) is 0 Å². The molecule has 0 saturated carbocycles. The zero-order valence-corrected chi connectivity index (χ0v) is 15.3. The first kappa shape index (κ1) is 18.9. The van der Waals surface area contributed by atoms with E-state index in [0.29, 0.717) is 23.7 Å². The van der Waals surface area contributed by atoms with E-state index in [4.69, 9.17) is 9.47 Å². The SMILES string of the molecule is COc1ccc(NC(=O)c2cn(Cc3ccc([N+](=O)[O-])cc3)cn2)cc1OC. The topological polar surface area (TPSA) is 109 Å². The third-order valence-electron chi connectivity index (χ3n) is 4.02. The summed E-state index contributed by atoms with van der Waals surface area (Å²) in [6.45, 7) is 0.439. The Labute approximate surface area is 160 Å². The Morgan fingerprint density at radius 2 is 1.86 bits per heavy atom. The highest BCUT2D eigenvalue weighted by Gasteiger charge is 2.12. The minimum atomic E-state index is -0.447. The van der Waals surface area contributed by atoms with Gasteiger partial charge in [0.25, 0.3) is 11.6 Å². The molecule has 28 heavy (non-hydrogen) atoms. The summed E-state index contributed by atoms with van der Waals surface area (Å²) in [7, 11) is 3.05. The minimum Gasteiger partial charge on any atom is -0.493 e. The van der Waals surface area contributed by atoms with Gasteiger partial charge in [0.1, 0.15) is 5.69 Å². The lowest BCUT2D eigenvalue weighted by Gasteiger charge is -2.10. The van der Waals surface area contributed by atoms with Crippen LogP contribution < -0.4 is 14.8 Å². The highest BCUT2D eigenvalue weighted by Crippen LogP contribution is 2.29. The van der Waals surface area contributed by atoms with Crippen molar-refractivity contribution in [2.24, 2.45) is 0 Å². The van der Waals surface area contributed by atoms with Crippen LogP contribution in [0.15, 0.2) is 55.0 Å². The number of nitro benzene ring substituents is 1. The van der Waals surface area contributed by atoms with Crippen molar-refractivity contribution in [3.8, 4) is 11.5 Å². The predicted octanol–water partition coefficient (Wildman–Crippen LogP) is 3.11. The molecule has 0 fully saturated rings. The van der Waals surface area contributed by atoms with Crippen LogP contribution in [0.1, 0.15) is 16.1 Å². The molecule has 0 radical (unpaired) electrons. The second-order valence-electron chi connectivity index (χ2n) is 5.88. The maximum Gasteiger partial charge on any atom is 0.275 e. The van der Waals surface area contributed by atoms with E-state index < -0.39 is 4.92 Å². The number of imidazole rings is 1. The van der Waals surface area contributed by atoms with E-state index in [2.05, 4.69) is 10.3 Å². The third kappa shape index (κ3) is 4.26. The smallest absolute Gasteiger partial charge is 0.275 e.